The van der Waals surface area contributed by atoms with Gasteiger partial charge in [-0.15, -0.1) is 0 Å². The fourth-order valence-corrected chi connectivity index (χ4v) is 2.41. The van der Waals surface area contributed by atoms with Crippen LogP contribution in [0.4, 0.5) is 0 Å². The van der Waals surface area contributed by atoms with Gasteiger partial charge in [0.1, 0.15) is 0 Å². The number of aromatic nitrogens is 1. The number of ether oxygens (including phenoxy) is 1. The van der Waals surface area contributed by atoms with Crippen LogP contribution in [0.25, 0.3) is 0 Å². The van der Waals surface area contributed by atoms with Gasteiger partial charge in [0.15, 0.2) is 6.04 Å². The summed E-state index contributed by atoms with van der Waals surface area (Å²) in [7, 11) is 3.53. The Hall–Kier alpha value is -1.46. The maximum Gasteiger partial charge on any atom is 0.329 e. The summed E-state index contributed by atoms with van der Waals surface area (Å²) in [6.45, 7) is 5.60. The Morgan fingerprint density at radius 3 is 2.63 bits per heavy atom. The molecule has 19 heavy (non-hydrogen) atoms. The Balaban J connectivity index is 2.26. The van der Waals surface area contributed by atoms with Crippen molar-refractivity contribution in [1.29, 1.82) is 0 Å². The summed E-state index contributed by atoms with van der Waals surface area (Å²) in [6.07, 6.45) is 1.73. The van der Waals surface area contributed by atoms with Crippen molar-refractivity contribution in [2.45, 2.75) is 13.0 Å². The molecule has 5 nitrogen and oxygen atoms in total. The summed E-state index contributed by atoms with van der Waals surface area (Å²) in [5, 5.41) is 0. The molecule has 1 atom stereocenters. The topological polar surface area (TPSA) is 45.7 Å². The van der Waals surface area contributed by atoms with Crippen LogP contribution in [0.15, 0.2) is 18.3 Å². The molecule has 104 valence electrons. The molecule has 0 aliphatic carbocycles. The molecule has 5 heteroatoms. The molecule has 2 heterocycles. The first-order chi connectivity index (χ1) is 9.13. The number of likely N-dealkylation sites (N-methyl/N-ethyl adjacent to an activating group) is 1. The molecule has 0 amide bonds. The molecule has 2 rings (SSSR count). The smallest absolute Gasteiger partial charge is 0.329 e. The fourth-order valence-electron chi connectivity index (χ4n) is 2.41. The third-order valence-electron chi connectivity index (χ3n) is 3.64. The van der Waals surface area contributed by atoms with Crippen molar-refractivity contribution >= 4 is 5.97 Å². The molecule has 1 unspecified atom stereocenters. The molecule has 0 spiro atoms. The molecule has 1 saturated heterocycles. The van der Waals surface area contributed by atoms with Gasteiger partial charge in [-0.05, 0) is 25.6 Å². The Morgan fingerprint density at radius 1 is 1.37 bits per heavy atom. The summed E-state index contributed by atoms with van der Waals surface area (Å²) in [6, 6.07) is 3.48. The highest BCUT2D eigenvalue weighted by atomic mass is 16.5. The lowest BCUT2D eigenvalue weighted by Gasteiger charge is -2.36. The number of aryl methyl sites for hydroxylation is 1. The van der Waals surface area contributed by atoms with E-state index in [0.717, 1.165) is 37.4 Å². The van der Waals surface area contributed by atoms with Gasteiger partial charge in [0, 0.05) is 32.4 Å². The van der Waals surface area contributed by atoms with Crippen molar-refractivity contribution in [1.82, 2.24) is 14.8 Å². The molecule has 0 saturated carbocycles. The maximum absolute atomic E-state index is 12.1. The second kappa shape index (κ2) is 6.12. The van der Waals surface area contributed by atoms with Gasteiger partial charge in [-0.3, -0.25) is 9.88 Å². The predicted octanol–water partition coefficient (Wildman–Crippen LogP) is 0.852. The molecule has 0 radical (unpaired) electrons. The van der Waals surface area contributed by atoms with Gasteiger partial charge in [-0.25, -0.2) is 4.79 Å². The number of rotatable bonds is 3. The first kappa shape index (κ1) is 14.0. The number of carbonyl (C=O) groups excluding carboxylic acids is 1. The lowest BCUT2D eigenvalue weighted by atomic mass is 10.1. The largest absolute Gasteiger partial charge is 0.468 e. The zero-order valence-corrected chi connectivity index (χ0v) is 11.8. The monoisotopic (exact) mass is 263 g/mol. The molecule has 1 fully saturated rings. The van der Waals surface area contributed by atoms with Crippen molar-refractivity contribution in [2.75, 3.05) is 40.3 Å². The van der Waals surface area contributed by atoms with E-state index in [4.69, 9.17) is 4.74 Å². The highest BCUT2D eigenvalue weighted by Crippen LogP contribution is 2.24. The second-order valence-corrected chi connectivity index (χ2v) is 4.97. The van der Waals surface area contributed by atoms with Crippen LogP contribution in [0.5, 0.6) is 0 Å². The van der Waals surface area contributed by atoms with Crippen molar-refractivity contribution in [3.05, 3.63) is 29.6 Å². The molecule has 0 N–H and O–H groups in total. The number of esters is 1. The molecule has 1 aliphatic rings. The van der Waals surface area contributed by atoms with E-state index in [1.165, 1.54) is 7.11 Å². The first-order valence-electron chi connectivity index (χ1n) is 6.55. The molecule has 1 aliphatic heterocycles. The third kappa shape index (κ3) is 3.11. The molecule has 1 aromatic heterocycles. The summed E-state index contributed by atoms with van der Waals surface area (Å²) in [4.78, 5) is 20.9. The number of methoxy groups -OCH3 is 1. The number of nitrogens with zero attached hydrogens (tertiary/aromatic N) is 3. The van der Waals surface area contributed by atoms with E-state index in [1.807, 2.05) is 19.1 Å². The maximum atomic E-state index is 12.1. The van der Waals surface area contributed by atoms with Crippen LogP contribution >= 0.6 is 0 Å². The summed E-state index contributed by atoms with van der Waals surface area (Å²) in [5.74, 6) is -0.230. The van der Waals surface area contributed by atoms with E-state index < -0.39 is 0 Å². The summed E-state index contributed by atoms with van der Waals surface area (Å²) >= 11 is 0. The van der Waals surface area contributed by atoms with E-state index in [9.17, 15) is 4.79 Å². The lowest BCUT2D eigenvalue weighted by Crippen LogP contribution is -2.48. The Labute approximate surface area is 114 Å². The minimum atomic E-state index is -0.389. The Morgan fingerprint density at radius 2 is 2.05 bits per heavy atom. The van der Waals surface area contributed by atoms with Gasteiger partial charge in [0.05, 0.1) is 12.8 Å². The number of carbonyl (C=O) groups is 1. The molecular weight excluding hydrogens is 242 g/mol. The van der Waals surface area contributed by atoms with Crippen LogP contribution in [0.3, 0.4) is 0 Å². The second-order valence-electron chi connectivity index (χ2n) is 4.97. The standard InChI is InChI=1S/C14H21N3O2/c1-11-5-4-6-15-12(11)13(14(18)19-3)17-9-7-16(2)8-10-17/h4-6,13H,7-10H2,1-3H3. The van der Waals surface area contributed by atoms with Crippen LogP contribution in [0.2, 0.25) is 0 Å². The lowest BCUT2D eigenvalue weighted by molar-refractivity contribution is -0.148. The average Bonchev–Trinajstić information content (AvgIpc) is 2.43. The van der Waals surface area contributed by atoms with Gasteiger partial charge in [-0.2, -0.15) is 0 Å². The number of hydrogen-bond donors (Lipinski definition) is 0. The van der Waals surface area contributed by atoms with Gasteiger partial charge in [0.2, 0.25) is 0 Å². The van der Waals surface area contributed by atoms with Crippen molar-refractivity contribution in [3.63, 3.8) is 0 Å². The number of hydrogen-bond acceptors (Lipinski definition) is 5. The van der Waals surface area contributed by atoms with Crippen LogP contribution in [-0.4, -0.2) is 61.1 Å². The first-order valence-corrected chi connectivity index (χ1v) is 6.55. The van der Waals surface area contributed by atoms with E-state index in [1.54, 1.807) is 6.20 Å². The SMILES string of the molecule is COC(=O)C(c1ncccc1C)N1CCN(C)CC1. The van der Waals surface area contributed by atoms with Crippen LogP contribution in [0, 0.1) is 6.92 Å². The highest BCUT2D eigenvalue weighted by molar-refractivity contribution is 5.77. The molecule has 0 bridgehead atoms. The summed E-state index contributed by atoms with van der Waals surface area (Å²) < 4.78 is 4.97. The van der Waals surface area contributed by atoms with E-state index in [0.29, 0.717) is 0 Å². The zero-order valence-electron chi connectivity index (χ0n) is 11.8. The fraction of sp³-hybridized carbons (Fsp3) is 0.571. The molecule has 1 aromatic rings. The van der Waals surface area contributed by atoms with Crippen LogP contribution in [-0.2, 0) is 9.53 Å². The van der Waals surface area contributed by atoms with Crippen molar-refractivity contribution < 1.29 is 9.53 Å². The van der Waals surface area contributed by atoms with Crippen molar-refractivity contribution in [3.8, 4) is 0 Å². The number of pyridine rings is 1. The van der Waals surface area contributed by atoms with E-state index in [-0.39, 0.29) is 12.0 Å². The Bertz CT molecular complexity index is 442. The van der Waals surface area contributed by atoms with E-state index >= 15 is 0 Å². The minimum absolute atomic E-state index is 0.230. The van der Waals surface area contributed by atoms with Crippen molar-refractivity contribution in [2.24, 2.45) is 0 Å². The van der Waals surface area contributed by atoms with Gasteiger partial charge in [0.25, 0.3) is 0 Å². The average molecular weight is 263 g/mol. The van der Waals surface area contributed by atoms with Gasteiger partial charge >= 0.3 is 5.97 Å². The van der Waals surface area contributed by atoms with Crippen LogP contribution < -0.4 is 0 Å². The predicted molar refractivity (Wildman–Crippen MR) is 72.8 cm³/mol. The minimum Gasteiger partial charge on any atom is -0.468 e. The molecule has 0 aromatic carbocycles. The number of piperazine rings is 1. The van der Waals surface area contributed by atoms with Gasteiger partial charge < -0.3 is 9.64 Å². The highest BCUT2D eigenvalue weighted by Gasteiger charge is 2.32. The zero-order chi connectivity index (χ0) is 13.8. The Kier molecular flexibility index (Phi) is 4.50. The third-order valence-corrected chi connectivity index (χ3v) is 3.64. The van der Waals surface area contributed by atoms with Gasteiger partial charge in [-0.1, -0.05) is 6.07 Å². The van der Waals surface area contributed by atoms with Crippen LogP contribution in [0.1, 0.15) is 17.3 Å². The summed E-state index contributed by atoms with van der Waals surface area (Å²) in [5.41, 5.74) is 1.83. The molecular formula is C14H21N3O2. The normalized spacial score (nSPS) is 19.1. The van der Waals surface area contributed by atoms with E-state index in [2.05, 4.69) is 21.8 Å². The quantitative estimate of drug-likeness (QED) is 0.757.